The Kier molecular flexibility index (Phi) is 6.95. The number of hydrogen-bond acceptors (Lipinski definition) is 4. The van der Waals surface area contributed by atoms with Gasteiger partial charge in [0.15, 0.2) is 6.61 Å². The lowest BCUT2D eigenvalue weighted by Gasteiger charge is -2.36. The van der Waals surface area contributed by atoms with Crippen molar-refractivity contribution in [2.24, 2.45) is 0 Å². The second-order valence-electron chi connectivity index (χ2n) is 6.60. The second-order valence-corrected chi connectivity index (χ2v) is 6.60. The number of hydroxylamine groups is 1. The van der Waals surface area contributed by atoms with E-state index in [1.165, 1.54) is 4.90 Å². The average molecular weight is 314 g/mol. The lowest BCUT2D eigenvalue weighted by Crippen LogP contribution is -2.50. The van der Waals surface area contributed by atoms with Crippen LogP contribution >= 0.6 is 0 Å². The summed E-state index contributed by atoms with van der Waals surface area (Å²) < 4.78 is 41.0. The lowest BCUT2D eigenvalue weighted by molar-refractivity contribution is -0.189. The van der Waals surface area contributed by atoms with Gasteiger partial charge in [-0.1, -0.05) is 0 Å². The molecular formula is C13H25F3N2O3. The molecule has 1 N–H and O–H groups in total. The van der Waals surface area contributed by atoms with Crippen molar-refractivity contribution >= 4 is 6.09 Å². The highest BCUT2D eigenvalue weighted by molar-refractivity contribution is 5.69. The molecule has 0 aliphatic rings. The number of amides is 1. The highest BCUT2D eigenvalue weighted by Gasteiger charge is 2.31. The highest BCUT2D eigenvalue weighted by atomic mass is 19.4. The van der Waals surface area contributed by atoms with E-state index in [9.17, 15) is 18.0 Å². The standard InChI is InChI=1S/C13H25F3N2O3/c1-11(2,3)18(10(19)21-12(4,5)6)8-7-17-20-9-13(14,15)16/h17H,7-9H2,1-6H3. The molecule has 0 fully saturated rings. The van der Waals surface area contributed by atoms with Gasteiger partial charge in [0, 0.05) is 18.6 Å². The third-order valence-corrected chi connectivity index (χ3v) is 2.20. The zero-order valence-corrected chi connectivity index (χ0v) is 13.4. The first-order chi connectivity index (χ1) is 9.22. The number of alkyl halides is 3. The van der Waals surface area contributed by atoms with Crippen LogP contribution in [-0.4, -0.2) is 48.0 Å². The molecule has 0 heterocycles. The Morgan fingerprint density at radius 3 is 2.00 bits per heavy atom. The van der Waals surface area contributed by atoms with Crippen molar-refractivity contribution in [3.63, 3.8) is 0 Å². The first kappa shape index (κ1) is 20.0. The zero-order chi connectivity index (χ0) is 16.9. The number of carbonyl (C=O) groups excluding carboxylic acids is 1. The fraction of sp³-hybridized carbons (Fsp3) is 0.923. The van der Waals surface area contributed by atoms with E-state index in [2.05, 4.69) is 10.3 Å². The van der Waals surface area contributed by atoms with Gasteiger partial charge in [0.1, 0.15) is 5.60 Å². The van der Waals surface area contributed by atoms with Crippen LogP contribution in [0.5, 0.6) is 0 Å². The predicted octanol–water partition coefficient (Wildman–Crippen LogP) is 3.11. The molecule has 21 heavy (non-hydrogen) atoms. The minimum Gasteiger partial charge on any atom is -0.444 e. The summed E-state index contributed by atoms with van der Waals surface area (Å²) in [6.07, 6.45) is -4.91. The number of carbonyl (C=O) groups is 1. The SMILES string of the molecule is CC(C)(C)OC(=O)N(CCNOCC(F)(F)F)C(C)(C)C. The van der Waals surface area contributed by atoms with Crippen molar-refractivity contribution in [3.05, 3.63) is 0 Å². The summed E-state index contributed by atoms with van der Waals surface area (Å²) in [6, 6.07) is 0. The maximum absolute atomic E-state index is 12.1. The molecule has 5 nitrogen and oxygen atoms in total. The number of ether oxygens (including phenoxy) is 1. The monoisotopic (exact) mass is 314 g/mol. The molecule has 0 aliphatic heterocycles. The van der Waals surface area contributed by atoms with E-state index in [0.29, 0.717) is 0 Å². The Hall–Kier alpha value is -1.02. The van der Waals surface area contributed by atoms with E-state index in [1.54, 1.807) is 20.8 Å². The van der Waals surface area contributed by atoms with Crippen LogP contribution in [0.15, 0.2) is 0 Å². The molecule has 0 saturated carbocycles. The number of hydrogen-bond donors (Lipinski definition) is 1. The summed E-state index contributed by atoms with van der Waals surface area (Å²) in [4.78, 5) is 17.8. The highest BCUT2D eigenvalue weighted by Crippen LogP contribution is 2.18. The van der Waals surface area contributed by atoms with Gasteiger partial charge in [-0.15, -0.1) is 0 Å². The summed E-state index contributed by atoms with van der Waals surface area (Å²) in [5.74, 6) is 0. The molecular weight excluding hydrogens is 289 g/mol. The van der Waals surface area contributed by atoms with Crippen LogP contribution in [0.3, 0.4) is 0 Å². The molecule has 0 atom stereocenters. The van der Waals surface area contributed by atoms with Gasteiger partial charge in [0.05, 0.1) is 0 Å². The molecule has 0 aromatic rings. The average Bonchev–Trinajstić information content (AvgIpc) is 2.16. The van der Waals surface area contributed by atoms with Crippen LogP contribution in [0.2, 0.25) is 0 Å². The molecule has 0 aromatic carbocycles. The maximum Gasteiger partial charge on any atom is 0.413 e. The Bertz CT molecular complexity index is 333. The van der Waals surface area contributed by atoms with E-state index in [4.69, 9.17) is 4.74 Å². The van der Waals surface area contributed by atoms with Crippen molar-refractivity contribution in [1.82, 2.24) is 10.4 Å². The van der Waals surface area contributed by atoms with Gasteiger partial charge in [-0.05, 0) is 41.5 Å². The summed E-state index contributed by atoms with van der Waals surface area (Å²) in [5, 5.41) is 0. The summed E-state index contributed by atoms with van der Waals surface area (Å²) in [5.41, 5.74) is 1.03. The molecule has 8 heteroatoms. The Morgan fingerprint density at radius 1 is 1.10 bits per heavy atom. The summed E-state index contributed by atoms with van der Waals surface area (Å²) in [6.45, 7) is 9.52. The van der Waals surface area contributed by atoms with Gasteiger partial charge >= 0.3 is 12.3 Å². The second kappa shape index (κ2) is 7.31. The van der Waals surface area contributed by atoms with Gasteiger partial charge < -0.3 is 9.64 Å². The zero-order valence-electron chi connectivity index (χ0n) is 13.4. The fourth-order valence-corrected chi connectivity index (χ4v) is 1.38. The smallest absolute Gasteiger partial charge is 0.413 e. The van der Waals surface area contributed by atoms with Crippen LogP contribution < -0.4 is 5.48 Å². The van der Waals surface area contributed by atoms with Crippen molar-refractivity contribution in [1.29, 1.82) is 0 Å². The number of nitrogens with zero attached hydrogens (tertiary/aromatic N) is 1. The van der Waals surface area contributed by atoms with Crippen molar-refractivity contribution < 1.29 is 27.5 Å². The summed E-state index contributed by atoms with van der Waals surface area (Å²) >= 11 is 0. The van der Waals surface area contributed by atoms with Gasteiger partial charge in [0.25, 0.3) is 0 Å². The van der Waals surface area contributed by atoms with Crippen LogP contribution in [-0.2, 0) is 9.57 Å². The molecule has 1 amide bonds. The van der Waals surface area contributed by atoms with Crippen molar-refractivity contribution in [2.45, 2.75) is 58.9 Å². The van der Waals surface area contributed by atoms with Gasteiger partial charge in [-0.2, -0.15) is 13.2 Å². The van der Waals surface area contributed by atoms with E-state index in [-0.39, 0.29) is 13.1 Å². The number of nitrogens with one attached hydrogen (secondary N) is 1. The lowest BCUT2D eigenvalue weighted by atomic mass is 10.1. The number of rotatable bonds is 5. The Balaban J connectivity index is 4.37. The number of halogens is 3. The first-order valence-corrected chi connectivity index (χ1v) is 6.64. The molecule has 126 valence electrons. The van der Waals surface area contributed by atoms with Crippen molar-refractivity contribution in [3.8, 4) is 0 Å². The quantitative estimate of drug-likeness (QED) is 0.626. The largest absolute Gasteiger partial charge is 0.444 e. The van der Waals surface area contributed by atoms with E-state index in [1.807, 2.05) is 20.8 Å². The predicted molar refractivity (Wildman–Crippen MR) is 72.7 cm³/mol. The van der Waals surface area contributed by atoms with Gasteiger partial charge in [0.2, 0.25) is 0 Å². The van der Waals surface area contributed by atoms with Gasteiger partial charge in [-0.3, -0.25) is 4.84 Å². The van der Waals surface area contributed by atoms with Crippen molar-refractivity contribution in [2.75, 3.05) is 19.7 Å². The normalized spacial score (nSPS) is 13.2. The fourth-order valence-electron chi connectivity index (χ4n) is 1.38. The van der Waals surface area contributed by atoms with E-state index < -0.39 is 30.0 Å². The summed E-state index contributed by atoms with van der Waals surface area (Å²) in [7, 11) is 0. The Morgan fingerprint density at radius 2 is 1.62 bits per heavy atom. The minimum atomic E-state index is -4.39. The molecule has 0 rings (SSSR count). The van der Waals surface area contributed by atoms with Crippen LogP contribution in [0.25, 0.3) is 0 Å². The first-order valence-electron chi connectivity index (χ1n) is 6.64. The molecule has 0 unspecified atom stereocenters. The molecule has 0 aliphatic carbocycles. The van der Waals surface area contributed by atoms with Crippen LogP contribution in [0.4, 0.5) is 18.0 Å². The Labute approximate surface area is 123 Å². The molecule has 0 aromatic heterocycles. The molecule has 0 spiro atoms. The maximum atomic E-state index is 12.1. The van der Waals surface area contributed by atoms with Crippen LogP contribution in [0.1, 0.15) is 41.5 Å². The molecule has 0 bridgehead atoms. The minimum absolute atomic E-state index is 0.0621. The third kappa shape index (κ3) is 10.4. The van der Waals surface area contributed by atoms with Crippen LogP contribution in [0, 0.1) is 0 Å². The van der Waals surface area contributed by atoms with Gasteiger partial charge in [-0.25, -0.2) is 10.3 Å². The third-order valence-electron chi connectivity index (χ3n) is 2.20. The van der Waals surface area contributed by atoms with E-state index >= 15 is 0 Å². The molecule has 0 radical (unpaired) electrons. The van der Waals surface area contributed by atoms with E-state index in [0.717, 1.165) is 0 Å². The topological polar surface area (TPSA) is 50.8 Å². The molecule has 0 saturated heterocycles.